The Morgan fingerprint density at radius 1 is 0.971 bits per heavy atom. The average molecular weight is 489 g/mol. The number of fused-ring (bicyclic) bond motifs is 3. The van der Waals surface area contributed by atoms with Crippen molar-refractivity contribution in [2.75, 3.05) is 23.3 Å². The molecule has 3 unspecified atom stereocenters. The number of carbonyl (C=O) groups is 2. The first-order chi connectivity index (χ1) is 17.0. The van der Waals surface area contributed by atoms with Gasteiger partial charge >= 0.3 is 5.97 Å². The van der Waals surface area contributed by atoms with Crippen molar-refractivity contribution >= 4 is 33.9 Å². The maximum atomic E-state index is 13.0. The van der Waals surface area contributed by atoms with Crippen LogP contribution in [0.2, 0.25) is 0 Å². The van der Waals surface area contributed by atoms with E-state index in [0.717, 1.165) is 56.4 Å². The molecule has 1 aromatic heterocycles. The van der Waals surface area contributed by atoms with Crippen LogP contribution in [-0.2, 0) is 17.6 Å². The highest BCUT2D eigenvalue weighted by molar-refractivity contribution is 7.15. The molecule has 2 saturated heterocycles. The minimum absolute atomic E-state index is 0.140. The molecular weight excluding hydrogens is 460 g/mol. The number of nitrogens with zero attached hydrogens (tertiary/aromatic N) is 1. The van der Waals surface area contributed by atoms with Gasteiger partial charge in [-0.15, -0.1) is 11.3 Å². The first kappa shape index (κ1) is 22.3. The maximum absolute atomic E-state index is 13.0. The maximum Gasteiger partial charge on any atom is 0.339 e. The van der Waals surface area contributed by atoms with Crippen LogP contribution in [0.25, 0.3) is 0 Å². The first-order valence-corrected chi connectivity index (χ1v) is 13.2. The van der Waals surface area contributed by atoms with E-state index >= 15 is 0 Å². The fourth-order valence-electron chi connectivity index (χ4n) is 5.77. The number of carboxylic acid groups (broad SMARTS) is 1. The van der Waals surface area contributed by atoms with E-state index in [2.05, 4.69) is 28.4 Å². The smallest absolute Gasteiger partial charge is 0.339 e. The highest BCUT2D eigenvalue weighted by Gasteiger charge is 2.34. The van der Waals surface area contributed by atoms with Crippen LogP contribution in [-0.4, -0.2) is 42.3 Å². The summed E-state index contributed by atoms with van der Waals surface area (Å²) in [5.41, 5.74) is 5.28. The Labute approximate surface area is 208 Å². The highest BCUT2D eigenvalue weighted by Crippen LogP contribution is 2.40. The molecule has 0 spiro atoms. The van der Waals surface area contributed by atoms with Gasteiger partial charge in [0.2, 0.25) is 0 Å². The largest absolute Gasteiger partial charge is 0.478 e. The second kappa shape index (κ2) is 9.13. The third-order valence-electron chi connectivity index (χ3n) is 7.59. The summed E-state index contributed by atoms with van der Waals surface area (Å²) in [6.07, 6.45) is 5.51. The Morgan fingerprint density at radius 3 is 2.40 bits per heavy atom. The summed E-state index contributed by atoms with van der Waals surface area (Å²) in [5, 5.41) is 15.2. The van der Waals surface area contributed by atoms with Crippen molar-refractivity contribution in [2.24, 2.45) is 0 Å². The van der Waals surface area contributed by atoms with Crippen LogP contribution in [0.5, 0.6) is 0 Å². The number of nitrogens with one attached hydrogen (secondary N) is 1. The van der Waals surface area contributed by atoms with Crippen molar-refractivity contribution in [3.63, 3.8) is 0 Å². The molecule has 7 heteroatoms. The Kier molecular flexibility index (Phi) is 5.82. The number of rotatable bonds is 5. The summed E-state index contributed by atoms with van der Waals surface area (Å²) in [4.78, 5) is 27.6. The molecular formula is C28H28N2O4S. The molecule has 6 nitrogen and oxygen atoms in total. The lowest BCUT2D eigenvalue weighted by molar-refractivity contribution is 0.0305. The molecule has 2 N–H and O–H groups in total. The van der Waals surface area contributed by atoms with Crippen LogP contribution in [0, 0.1) is 0 Å². The van der Waals surface area contributed by atoms with Crippen molar-refractivity contribution in [1.82, 2.24) is 0 Å². The summed E-state index contributed by atoms with van der Waals surface area (Å²) < 4.78 is 5.92. The van der Waals surface area contributed by atoms with Crippen LogP contribution in [0.1, 0.15) is 62.6 Å². The third kappa shape index (κ3) is 4.34. The molecule has 3 atom stereocenters. The number of hydrogen-bond acceptors (Lipinski definition) is 5. The number of aryl methyl sites for hydroxylation is 1. The van der Waals surface area contributed by atoms with E-state index in [9.17, 15) is 14.7 Å². The first-order valence-electron chi connectivity index (χ1n) is 12.3. The molecule has 2 fully saturated rings. The fourth-order valence-corrected chi connectivity index (χ4v) is 6.80. The molecule has 3 aliphatic rings. The highest BCUT2D eigenvalue weighted by atomic mass is 32.1. The van der Waals surface area contributed by atoms with Gasteiger partial charge in [-0.25, -0.2) is 4.79 Å². The Hall–Kier alpha value is -3.16. The standard InChI is InChI=1S/C28H28N2O4S/c31-26(18-7-9-21(10-8-18)30-14-22-11-12-23(15-30)34-22)29-27-25(28(32)33)24(16-35-27)20-6-5-17-3-1-2-4-19(17)13-20/h1-4,7-10,16,20,22-23H,5-6,11-15H2,(H,29,31)(H,32,33). The molecule has 35 heavy (non-hydrogen) atoms. The van der Waals surface area contributed by atoms with Crippen LogP contribution in [0.3, 0.4) is 0 Å². The number of thiophene rings is 1. The number of carbonyl (C=O) groups excluding carboxylic acids is 1. The number of anilines is 2. The molecule has 180 valence electrons. The van der Waals surface area contributed by atoms with Crippen LogP contribution >= 0.6 is 11.3 Å². The van der Waals surface area contributed by atoms with Gasteiger partial charge in [-0.3, -0.25) is 4.79 Å². The van der Waals surface area contributed by atoms with E-state index in [1.54, 1.807) is 0 Å². The van der Waals surface area contributed by atoms with Gasteiger partial charge in [0.15, 0.2) is 0 Å². The van der Waals surface area contributed by atoms with Gasteiger partial charge in [-0.1, -0.05) is 24.3 Å². The summed E-state index contributed by atoms with van der Waals surface area (Å²) in [6.45, 7) is 1.77. The number of aromatic carboxylic acids is 1. The zero-order valence-electron chi connectivity index (χ0n) is 19.4. The van der Waals surface area contributed by atoms with Gasteiger partial charge in [0.05, 0.1) is 17.8 Å². The average Bonchev–Trinajstić information content (AvgIpc) is 3.45. The van der Waals surface area contributed by atoms with Crippen molar-refractivity contribution in [3.05, 3.63) is 81.7 Å². The molecule has 0 radical (unpaired) electrons. The van der Waals surface area contributed by atoms with Crippen molar-refractivity contribution in [1.29, 1.82) is 0 Å². The van der Waals surface area contributed by atoms with Crippen molar-refractivity contribution in [2.45, 2.75) is 50.2 Å². The quantitative estimate of drug-likeness (QED) is 0.507. The fraction of sp³-hybridized carbons (Fsp3) is 0.357. The second-order valence-corrected chi connectivity index (χ2v) is 10.7. The van der Waals surface area contributed by atoms with E-state index < -0.39 is 5.97 Å². The lowest BCUT2D eigenvalue weighted by atomic mass is 9.80. The summed E-state index contributed by atoms with van der Waals surface area (Å²) >= 11 is 1.30. The number of morpholine rings is 1. The summed E-state index contributed by atoms with van der Waals surface area (Å²) in [5.74, 6) is -1.14. The Bertz CT molecular complexity index is 1260. The van der Waals surface area contributed by atoms with Crippen LogP contribution in [0.15, 0.2) is 53.9 Å². The number of benzene rings is 2. The van der Waals surface area contributed by atoms with Gasteiger partial charge in [0, 0.05) is 24.3 Å². The van der Waals surface area contributed by atoms with E-state index in [0.29, 0.717) is 22.8 Å². The normalized spacial score (nSPS) is 23.1. The number of amides is 1. The Morgan fingerprint density at radius 2 is 1.69 bits per heavy atom. The number of ether oxygens (including phenoxy) is 1. The zero-order valence-corrected chi connectivity index (χ0v) is 20.2. The second-order valence-electron chi connectivity index (χ2n) is 9.77. The topological polar surface area (TPSA) is 78.9 Å². The van der Waals surface area contributed by atoms with E-state index in [1.165, 1.54) is 22.5 Å². The molecule has 1 amide bonds. The SMILES string of the molecule is O=C(Nc1scc(C2CCc3ccccc3C2)c1C(=O)O)c1ccc(N2CC3CCC(C2)O3)cc1. The Balaban J connectivity index is 1.18. The van der Waals surface area contributed by atoms with E-state index in [4.69, 9.17) is 4.74 Å². The molecule has 2 aliphatic heterocycles. The van der Waals surface area contributed by atoms with Gasteiger partial charge in [-0.05, 0) is 84.4 Å². The molecule has 2 aromatic carbocycles. The van der Waals surface area contributed by atoms with E-state index in [1.807, 2.05) is 35.7 Å². The van der Waals surface area contributed by atoms with Gasteiger partial charge < -0.3 is 20.1 Å². The summed E-state index contributed by atoms with van der Waals surface area (Å²) in [6, 6.07) is 15.9. The lowest BCUT2D eigenvalue weighted by Gasteiger charge is -2.33. The van der Waals surface area contributed by atoms with Crippen LogP contribution < -0.4 is 10.2 Å². The monoisotopic (exact) mass is 488 g/mol. The van der Waals surface area contributed by atoms with Gasteiger partial charge in [0.25, 0.3) is 5.91 Å². The van der Waals surface area contributed by atoms with Gasteiger partial charge in [-0.2, -0.15) is 0 Å². The zero-order chi connectivity index (χ0) is 23.9. The third-order valence-corrected chi connectivity index (χ3v) is 8.50. The lowest BCUT2D eigenvalue weighted by Crippen LogP contribution is -2.42. The molecule has 3 aromatic rings. The summed E-state index contributed by atoms with van der Waals surface area (Å²) in [7, 11) is 0. The predicted octanol–water partition coefficient (Wildman–Crippen LogP) is 5.34. The minimum atomic E-state index is -0.993. The molecule has 1 aliphatic carbocycles. The molecule has 3 heterocycles. The van der Waals surface area contributed by atoms with E-state index in [-0.39, 0.29) is 17.4 Å². The number of carboxylic acids is 1. The van der Waals surface area contributed by atoms with Gasteiger partial charge in [0.1, 0.15) is 5.00 Å². The predicted molar refractivity (Wildman–Crippen MR) is 137 cm³/mol. The minimum Gasteiger partial charge on any atom is -0.478 e. The van der Waals surface area contributed by atoms with Crippen LogP contribution in [0.4, 0.5) is 10.7 Å². The van der Waals surface area contributed by atoms with Crippen molar-refractivity contribution in [3.8, 4) is 0 Å². The number of hydrogen-bond donors (Lipinski definition) is 2. The molecule has 0 saturated carbocycles. The molecule has 6 rings (SSSR count). The molecule has 2 bridgehead atoms. The van der Waals surface area contributed by atoms with Crippen molar-refractivity contribution < 1.29 is 19.4 Å².